The van der Waals surface area contributed by atoms with Gasteiger partial charge in [-0.15, -0.1) is 0 Å². The Hall–Kier alpha value is -1.68. The minimum absolute atomic E-state index is 0.0826. The third-order valence-corrected chi connectivity index (χ3v) is 1.78. The number of nitrogens with two attached hydrogens (primary N) is 1. The van der Waals surface area contributed by atoms with Gasteiger partial charge in [0.25, 0.3) is 0 Å². The first-order valence-electron chi connectivity index (χ1n) is 4.63. The van der Waals surface area contributed by atoms with Crippen molar-refractivity contribution in [2.24, 2.45) is 5.73 Å². The average Bonchev–Trinajstić information content (AvgIpc) is 2.18. The van der Waals surface area contributed by atoms with Crippen LogP contribution in [0.15, 0.2) is 30.3 Å². The van der Waals surface area contributed by atoms with Gasteiger partial charge in [-0.25, -0.2) is 4.79 Å². The molecular formula is C11H13NO3. The van der Waals surface area contributed by atoms with Crippen molar-refractivity contribution in [2.75, 3.05) is 0 Å². The Morgan fingerprint density at radius 1 is 1.33 bits per heavy atom. The summed E-state index contributed by atoms with van der Waals surface area (Å²) in [5, 5.41) is 0. The second-order valence-electron chi connectivity index (χ2n) is 3.24. The normalized spacial score (nSPS) is 11.9. The van der Waals surface area contributed by atoms with Gasteiger partial charge in [-0.2, -0.15) is 0 Å². The average molecular weight is 207 g/mol. The van der Waals surface area contributed by atoms with E-state index in [0.29, 0.717) is 0 Å². The summed E-state index contributed by atoms with van der Waals surface area (Å²) < 4.78 is 4.51. The largest absolute Gasteiger partial charge is 0.392 e. The quantitative estimate of drug-likeness (QED) is 0.583. The molecule has 0 spiro atoms. The molecule has 0 fully saturated rings. The molecule has 1 aromatic carbocycles. The summed E-state index contributed by atoms with van der Waals surface area (Å²) in [6.45, 7) is 1.47. The molecule has 0 amide bonds. The lowest BCUT2D eigenvalue weighted by molar-refractivity contribution is -0.159. The minimum Gasteiger partial charge on any atom is -0.392 e. The molecule has 2 N–H and O–H groups in total. The summed E-state index contributed by atoms with van der Waals surface area (Å²) in [6, 6.07) is 8.29. The molecule has 0 aromatic heterocycles. The Bertz CT molecular complexity index is 346. The van der Waals surface area contributed by atoms with Crippen LogP contribution in [0.4, 0.5) is 0 Å². The predicted octanol–water partition coefficient (Wildman–Crippen LogP) is 0.646. The lowest BCUT2D eigenvalue weighted by Crippen LogP contribution is -2.31. The Balaban J connectivity index is 2.47. The zero-order valence-corrected chi connectivity index (χ0v) is 8.47. The number of carbonyl (C=O) groups excluding carboxylic acids is 2. The van der Waals surface area contributed by atoms with Gasteiger partial charge >= 0.3 is 11.9 Å². The number of ether oxygens (including phenoxy) is 1. The van der Waals surface area contributed by atoms with E-state index >= 15 is 0 Å². The maximum atomic E-state index is 11.2. The van der Waals surface area contributed by atoms with Crippen LogP contribution < -0.4 is 5.73 Å². The molecule has 1 aromatic rings. The van der Waals surface area contributed by atoms with E-state index in [0.717, 1.165) is 5.56 Å². The topological polar surface area (TPSA) is 69.4 Å². The fraction of sp³-hybridized carbons (Fsp3) is 0.273. The van der Waals surface area contributed by atoms with Gasteiger partial charge in [-0.1, -0.05) is 30.3 Å². The molecule has 0 saturated carbocycles. The SMILES string of the molecule is C[C@H](N)C(=O)OC(=O)Cc1ccccc1. The van der Waals surface area contributed by atoms with E-state index in [-0.39, 0.29) is 6.42 Å². The Labute approximate surface area is 88.0 Å². The molecule has 4 nitrogen and oxygen atoms in total. The van der Waals surface area contributed by atoms with Crippen LogP contribution in [0.25, 0.3) is 0 Å². The molecule has 4 heteroatoms. The molecule has 1 rings (SSSR count). The summed E-state index contributed by atoms with van der Waals surface area (Å²) in [6.07, 6.45) is 0.0826. The van der Waals surface area contributed by atoms with Gasteiger partial charge in [0.2, 0.25) is 0 Å². The van der Waals surface area contributed by atoms with Crippen molar-refractivity contribution >= 4 is 11.9 Å². The van der Waals surface area contributed by atoms with Gasteiger partial charge in [0.05, 0.1) is 6.42 Å². The molecule has 15 heavy (non-hydrogen) atoms. The first-order valence-corrected chi connectivity index (χ1v) is 4.63. The van der Waals surface area contributed by atoms with Gasteiger partial charge in [0.1, 0.15) is 6.04 Å². The van der Waals surface area contributed by atoms with Crippen LogP contribution in [0, 0.1) is 0 Å². The van der Waals surface area contributed by atoms with Crippen LogP contribution in [0.3, 0.4) is 0 Å². The van der Waals surface area contributed by atoms with Gasteiger partial charge < -0.3 is 10.5 Å². The number of carbonyl (C=O) groups is 2. The zero-order chi connectivity index (χ0) is 11.3. The van der Waals surface area contributed by atoms with Gasteiger partial charge in [-0.05, 0) is 12.5 Å². The summed E-state index contributed by atoms with van der Waals surface area (Å²) in [5.41, 5.74) is 6.06. The van der Waals surface area contributed by atoms with E-state index in [1.807, 2.05) is 18.2 Å². The molecule has 0 heterocycles. The second kappa shape index (κ2) is 5.26. The number of benzene rings is 1. The Morgan fingerprint density at radius 3 is 2.47 bits per heavy atom. The Morgan fingerprint density at radius 2 is 1.93 bits per heavy atom. The number of hydrogen-bond donors (Lipinski definition) is 1. The standard InChI is InChI=1S/C11H13NO3/c1-8(12)11(14)15-10(13)7-9-5-3-2-4-6-9/h2-6,8H,7,12H2,1H3/t8-/m0/s1. The van der Waals surface area contributed by atoms with Gasteiger partial charge in [-0.3, -0.25) is 4.79 Å². The molecule has 80 valence electrons. The van der Waals surface area contributed by atoms with Crippen LogP contribution in [0.1, 0.15) is 12.5 Å². The maximum Gasteiger partial charge on any atom is 0.330 e. The highest BCUT2D eigenvalue weighted by Gasteiger charge is 2.14. The fourth-order valence-electron chi connectivity index (χ4n) is 1.00. The van der Waals surface area contributed by atoms with Crippen molar-refractivity contribution in [3.63, 3.8) is 0 Å². The smallest absolute Gasteiger partial charge is 0.330 e. The van der Waals surface area contributed by atoms with E-state index < -0.39 is 18.0 Å². The summed E-state index contributed by atoms with van der Waals surface area (Å²) in [7, 11) is 0. The van der Waals surface area contributed by atoms with E-state index in [9.17, 15) is 9.59 Å². The first kappa shape index (κ1) is 11.4. The third kappa shape index (κ3) is 3.91. The van der Waals surface area contributed by atoms with E-state index in [1.54, 1.807) is 12.1 Å². The van der Waals surface area contributed by atoms with Crippen molar-refractivity contribution in [2.45, 2.75) is 19.4 Å². The molecule has 0 bridgehead atoms. The first-order chi connectivity index (χ1) is 7.09. The van der Waals surface area contributed by atoms with Crippen molar-refractivity contribution in [1.29, 1.82) is 0 Å². The molecule has 1 atom stereocenters. The number of rotatable bonds is 3. The fourth-order valence-corrected chi connectivity index (χ4v) is 1.00. The monoisotopic (exact) mass is 207 g/mol. The van der Waals surface area contributed by atoms with Gasteiger partial charge in [0.15, 0.2) is 0 Å². The zero-order valence-electron chi connectivity index (χ0n) is 8.47. The minimum atomic E-state index is -0.773. The van der Waals surface area contributed by atoms with E-state index in [1.165, 1.54) is 6.92 Å². The summed E-state index contributed by atoms with van der Waals surface area (Å²) >= 11 is 0. The van der Waals surface area contributed by atoms with Crippen LogP contribution >= 0.6 is 0 Å². The van der Waals surface area contributed by atoms with Crippen molar-refractivity contribution in [1.82, 2.24) is 0 Å². The van der Waals surface area contributed by atoms with Crippen LogP contribution in [0.2, 0.25) is 0 Å². The highest BCUT2D eigenvalue weighted by atomic mass is 16.6. The number of esters is 2. The van der Waals surface area contributed by atoms with Crippen molar-refractivity contribution < 1.29 is 14.3 Å². The highest BCUT2D eigenvalue weighted by Crippen LogP contribution is 2.01. The van der Waals surface area contributed by atoms with Crippen LogP contribution in [-0.2, 0) is 20.7 Å². The van der Waals surface area contributed by atoms with Crippen LogP contribution in [0.5, 0.6) is 0 Å². The maximum absolute atomic E-state index is 11.2. The molecule has 0 unspecified atom stereocenters. The van der Waals surface area contributed by atoms with E-state index in [2.05, 4.69) is 4.74 Å². The second-order valence-corrected chi connectivity index (χ2v) is 3.24. The highest BCUT2D eigenvalue weighted by molar-refractivity contribution is 5.88. The Kier molecular flexibility index (Phi) is 4.00. The molecular weight excluding hydrogens is 194 g/mol. The predicted molar refractivity (Wildman–Crippen MR) is 54.9 cm³/mol. The lowest BCUT2D eigenvalue weighted by Gasteiger charge is -2.04. The summed E-state index contributed by atoms with van der Waals surface area (Å²) in [5.74, 6) is -1.28. The molecule has 0 radical (unpaired) electrons. The van der Waals surface area contributed by atoms with Gasteiger partial charge in [0, 0.05) is 0 Å². The van der Waals surface area contributed by atoms with Crippen molar-refractivity contribution in [3.8, 4) is 0 Å². The number of hydrogen-bond acceptors (Lipinski definition) is 4. The molecule has 0 aliphatic heterocycles. The molecule has 0 aliphatic carbocycles. The lowest BCUT2D eigenvalue weighted by atomic mass is 10.2. The molecule has 0 aliphatic rings. The third-order valence-electron chi connectivity index (χ3n) is 1.78. The van der Waals surface area contributed by atoms with E-state index in [4.69, 9.17) is 5.73 Å². The van der Waals surface area contributed by atoms with Crippen LogP contribution in [-0.4, -0.2) is 18.0 Å². The van der Waals surface area contributed by atoms with Crippen molar-refractivity contribution in [3.05, 3.63) is 35.9 Å². The summed E-state index contributed by atoms with van der Waals surface area (Å²) in [4.78, 5) is 22.2. The molecule has 0 saturated heterocycles.